The van der Waals surface area contributed by atoms with Crippen LogP contribution < -0.4 is 10.1 Å². The van der Waals surface area contributed by atoms with E-state index in [9.17, 15) is 14.9 Å². The lowest BCUT2D eigenvalue weighted by Crippen LogP contribution is -2.31. The minimum Gasteiger partial charge on any atom is -0.484 e. The summed E-state index contributed by atoms with van der Waals surface area (Å²) in [5.74, 6) is -0.0253. The van der Waals surface area contributed by atoms with E-state index >= 15 is 0 Å². The van der Waals surface area contributed by atoms with Gasteiger partial charge in [0.05, 0.1) is 17.0 Å². The first-order valence-corrected chi connectivity index (χ1v) is 7.67. The molecule has 120 valence electrons. The largest absolute Gasteiger partial charge is 0.484 e. The lowest BCUT2D eigenvalue weighted by atomic mass is 10.1. The molecule has 1 N–H and O–H groups in total. The van der Waals surface area contributed by atoms with Gasteiger partial charge in [0.1, 0.15) is 5.75 Å². The van der Waals surface area contributed by atoms with Crippen molar-refractivity contribution in [2.75, 3.05) is 6.61 Å². The average molecular weight is 379 g/mol. The van der Waals surface area contributed by atoms with Gasteiger partial charge in [-0.2, -0.15) is 0 Å². The second-order valence-electron chi connectivity index (χ2n) is 4.85. The summed E-state index contributed by atoms with van der Waals surface area (Å²) in [6, 6.07) is 13.1. The van der Waals surface area contributed by atoms with Crippen molar-refractivity contribution < 1.29 is 14.5 Å². The standard InChI is InChI=1S/C16H15BrN2O4/c1-11(14-7-2-3-8-15(14)17)18-16(20)10-23-13-6-4-5-12(9-13)19(21)22/h2-9,11H,10H2,1H3,(H,18,20). The first-order chi connectivity index (χ1) is 11.0. The number of carbonyl (C=O) groups is 1. The number of carbonyl (C=O) groups excluding carboxylic acids is 1. The predicted molar refractivity (Wildman–Crippen MR) is 89.3 cm³/mol. The highest BCUT2D eigenvalue weighted by Gasteiger charge is 2.13. The van der Waals surface area contributed by atoms with Crippen LogP contribution in [0.15, 0.2) is 53.0 Å². The van der Waals surface area contributed by atoms with Gasteiger partial charge in [-0.25, -0.2) is 0 Å². The highest BCUT2D eigenvalue weighted by atomic mass is 79.9. The molecule has 0 fully saturated rings. The van der Waals surface area contributed by atoms with Crippen LogP contribution in [0, 0.1) is 10.1 Å². The molecule has 7 heteroatoms. The molecule has 2 aromatic carbocycles. The van der Waals surface area contributed by atoms with Gasteiger partial charge in [-0.3, -0.25) is 14.9 Å². The summed E-state index contributed by atoms with van der Waals surface area (Å²) in [6.07, 6.45) is 0. The molecule has 0 saturated carbocycles. The van der Waals surface area contributed by atoms with Crippen molar-refractivity contribution in [1.82, 2.24) is 5.32 Å². The van der Waals surface area contributed by atoms with E-state index in [2.05, 4.69) is 21.2 Å². The van der Waals surface area contributed by atoms with Crippen LogP contribution in [0.4, 0.5) is 5.69 Å². The highest BCUT2D eigenvalue weighted by molar-refractivity contribution is 9.10. The molecule has 0 heterocycles. The number of nitrogens with zero attached hydrogens (tertiary/aromatic N) is 1. The minimum absolute atomic E-state index is 0.0792. The molecular weight excluding hydrogens is 364 g/mol. The van der Waals surface area contributed by atoms with Gasteiger partial charge in [0.25, 0.3) is 11.6 Å². The van der Waals surface area contributed by atoms with Gasteiger partial charge >= 0.3 is 0 Å². The summed E-state index contributed by atoms with van der Waals surface area (Å²) in [5, 5.41) is 13.5. The second kappa shape index (κ2) is 7.73. The number of halogens is 1. The second-order valence-corrected chi connectivity index (χ2v) is 5.71. The Balaban J connectivity index is 1.91. The van der Waals surface area contributed by atoms with E-state index in [0.717, 1.165) is 10.0 Å². The third-order valence-electron chi connectivity index (χ3n) is 3.15. The summed E-state index contributed by atoms with van der Waals surface area (Å²) in [6.45, 7) is 1.65. The van der Waals surface area contributed by atoms with Crippen molar-refractivity contribution in [3.63, 3.8) is 0 Å². The molecule has 2 aromatic rings. The molecule has 1 amide bonds. The first kappa shape index (κ1) is 17.0. The molecule has 0 saturated heterocycles. The molecule has 23 heavy (non-hydrogen) atoms. The lowest BCUT2D eigenvalue weighted by molar-refractivity contribution is -0.384. The maximum Gasteiger partial charge on any atom is 0.273 e. The van der Waals surface area contributed by atoms with E-state index < -0.39 is 4.92 Å². The third kappa shape index (κ3) is 4.79. The van der Waals surface area contributed by atoms with Crippen molar-refractivity contribution in [2.24, 2.45) is 0 Å². The van der Waals surface area contributed by atoms with Crippen LogP contribution in [0.2, 0.25) is 0 Å². The Morgan fingerprint density at radius 2 is 2.04 bits per heavy atom. The number of hydrogen-bond donors (Lipinski definition) is 1. The van der Waals surface area contributed by atoms with Gasteiger partial charge < -0.3 is 10.1 Å². The summed E-state index contributed by atoms with van der Waals surface area (Å²) in [7, 11) is 0. The van der Waals surface area contributed by atoms with Gasteiger partial charge in [0.15, 0.2) is 6.61 Å². The van der Waals surface area contributed by atoms with Gasteiger partial charge in [-0.15, -0.1) is 0 Å². The maximum absolute atomic E-state index is 11.9. The number of nitrogens with one attached hydrogen (secondary N) is 1. The zero-order chi connectivity index (χ0) is 16.8. The lowest BCUT2D eigenvalue weighted by Gasteiger charge is -2.16. The Hall–Kier alpha value is -2.41. The molecule has 0 aromatic heterocycles. The molecule has 0 bridgehead atoms. The average Bonchev–Trinajstić information content (AvgIpc) is 2.53. The van der Waals surface area contributed by atoms with Crippen LogP contribution in [0.5, 0.6) is 5.75 Å². The zero-order valence-electron chi connectivity index (χ0n) is 12.4. The van der Waals surface area contributed by atoms with Crippen LogP contribution in [0.3, 0.4) is 0 Å². The SMILES string of the molecule is CC(NC(=O)COc1cccc([N+](=O)[O-])c1)c1ccccc1Br. The number of nitro benzene ring substituents is 1. The number of amides is 1. The molecule has 2 rings (SSSR count). The van der Waals surface area contributed by atoms with E-state index in [-0.39, 0.29) is 30.0 Å². The zero-order valence-corrected chi connectivity index (χ0v) is 13.9. The Morgan fingerprint density at radius 3 is 2.74 bits per heavy atom. The number of rotatable bonds is 6. The highest BCUT2D eigenvalue weighted by Crippen LogP contribution is 2.23. The molecule has 0 aliphatic rings. The fourth-order valence-electron chi connectivity index (χ4n) is 2.02. The first-order valence-electron chi connectivity index (χ1n) is 6.88. The summed E-state index contributed by atoms with van der Waals surface area (Å²) < 4.78 is 6.21. The van der Waals surface area contributed by atoms with E-state index in [1.165, 1.54) is 18.2 Å². The smallest absolute Gasteiger partial charge is 0.273 e. The summed E-state index contributed by atoms with van der Waals surface area (Å²) in [5.41, 5.74) is 0.876. The van der Waals surface area contributed by atoms with Gasteiger partial charge in [-0.05, 0) is 24.6 Å². The fourth-order valence-corrected chi connectivity index (χ4v) is 2.65. The molecule has 0 aliphatic heterocycles. The van der Waals surface area contributed by atoms with Crippen molar-refractivity contribution >= 4 is 27.5 Å². The van der Waals surface area contributed by atoms with Gasteiger partial charge in [0.2, 0.25) is 0 Å². The quantitative estimate of drug-likeness (QED) is 0.614. The Morgan fingerprint density at radius 1 is 1.30 bits per heavy atom. The predicted octanol–water partition coefficient (Wildman–Crippen LogP) is 3.61. The Kier molecular flexibility index (Phi) is 5.70. The summed E-state index contributed by atoms with van der Waals surface area (Å²) >= 11 is 3.44. The van der Waals surface area contributed by atoms with Crippen LogP contribution in [0.1, 0.15) is 18.5 Å². The van der Waals surface area contributed by atoms with Gasteiger partial charge in [-0.1, -0.05) is 40.2 Å². The molecule has 0 spiro atoms. The normalized spacial score (nSPS) is 11.6. The van der Waals surface area contributed by atoms with Gasteiger partial charge in [0, 0.05) is 10.5 Å². The third-order valence-corrected chi connectivity index (χ3v) is 3.87. The number of ether oxygens (including phenoxy) is 1. The van der Waals surface area contributed by atoms with Crippen molar-refractivity contribution in [2.45, 2.75) is 13.0 Å². The monoisotopic (exact) mass is 378 g/mol. The molecule has 1 unspecified atom stereocenters. The van der Waals surface area contributed by atoms with Crippen molar-refractivity contribution in [1.29, 1.82) is 0 Å². The van der Waals surface area contributed by atoms with Crippen LogP contribution in [0.25, 0.3) is 0 Å². The van der Waals surface area contributed by atoms with Crippen molar-refractivity contribution in [3.05, 3.63) is 68.7 Å². The fraction of sp³-hybridized carbons (Fsp3) is 0.188. The number of benzene rings is 2. The van der Waals surface area contributed by atoms with Crippen LogP contribution in [-0.4, -0.2) is 17.4 Å². The van der Waals surface area contributed by atoms with Crippen LogP contribution >= 0.6 is 15.9 Å². The van der Waals surface area contributed by atoms with E-state index in [4.69, 9.17) is 4.74 Å². The number of hydrogen-bond acceptors (Lipinski definition) is 4. The van der Waals surface area contributed by atoms with Crippen LogP contribution in [-0.2, 0) is 4.79 Å². The van der Waals surface area contributed by atoms with E-state index in [1.54, 1.807) is 6.07 Å². The van der Waals surface area contributed by atoms with Crippen molar-refractivity contribution in [3.8, 4) is 5.75 Å². The minimum atomic E-state index is -0.512. The molecule has 6 nitrogen and oxygen atoms in total. The molecule has 1 atom stereocenters. The van der Waals surface area contributed by atoms with E-state index in [0.29, 0.717) is 0 Å². The molecule has 0 aliphatic carbocycles. The molecule has 0 radical (unpaired) electrons. The maximum atomic E-state index is 11.9. The van der Waals surface area contributed by atoms with E-state index in [1.807, 2.05) is 31.2 Å². The topological polar surface area (TPSA) is 81.5 Å². The Labute approximate surface area is 141 Å². The number of nitro groups is 1. The Bertz CT molecular complexity index is 721. The molecular formula is C16H15BrN2O4. The number of non-ortho nitro benzene ring substituents is 1. The summed E-state index contributed by atoms with van der Waals surface area (Å²) in [4.78, 5) is 22.1.